The molecule has 2 rings (SSSR count). The van der Waals surface area contributed by atoms with Crippen molar-refractivity contribution in [3.05, 3.63) is 29.3 Å². The predicted molar refractivity (Wildman–Crippen MR) is 60.6 cm³/mol. The van der Waals surface area contributed by atoms with Crippen molar-refractivity contribution in [3.63, 3.8) is 0 Å². The zero-order chi connectivity index (χ0) is 12.5. The molecule has 0 radical (unpaired) electrons. The number of halogens is 3. The maximum Gasteiger partial charge on any atom is 0.416 e. The maximum absolute atomic E-state index is 12.6. The van der Waals surface area contributed by atoms with Gasteiger partial charge in [-0.05, 0) is 49.6 Å². The normalized spacial score (nSPS) is 20.8. The van der Waals surface area contributed by atoms with E-state index in [0.29, 0.717) is 17.7 Å². The second-order valence-corrected chi connectivity index (χ2v) is 4.41. The highest BCUT2D eigenvalue weighted by Crippen LogP contribution is 2.31. The van der Waals surface area contributed by atoms with Gasteiger partial charge in [0.1, 0.15) is 0 Å². The van der Waals surface area contributed by atoms with Crippen molar-refractivity contribution in [3.8, 4) is 0 Å². The molecule has 3 N–H and O–H groups in total. The Morgan fingerprint density at radius 2 is 2.12 bits per heavy atom. The van der Waals surface area contributed by atoms with E-state index in [1.165, 1.54) is 6.07 Å². The lowest BCUT2D eigenvalue weighted by atomic mass is 10.0. The summed E-state index contributed by atoms with van der Waals surface area (Å²) in [7, 11) is 0. The monoisotopic (exact) mass is 244 g/mol. The van der Waals surface area contributed by atoms with Gasteiger partial charge in [0.05, 0.1) is 5.56 Å². The first-order valence-corrected chi connectivity index (χ1v) is 5.66. The molecular weight excluding hydrogens is 229 g/mol. The van der Waals surface area contributed by atoms with Crippen molar-refractivity contribution in [1.29, 1.82) is 0 Å². The molecule has 1 saturated heterocycles. The Morgan fingerprint density at radius 1 is 1.35 bits per heavy atom. The van der Waals surface area contributed by atoms with E-state index in [0.717, 1.165) is 31.5 Å². The summed E-state index contributed by atoms with van der Waals surface area (Å²) in [5.41, 5.74) is 6.11. The third-order valence-corrected chi connectivity index (χ3v) is 3.10. The topological polar surface area (TPSA) is 38.0 Å². The van der Waals surface area contributed by atoms with Gasteiger partial charge in [0.25, 0.3) is 0 Å². The number of nitrogen functional groups attached to an aromatic ring is 1. The third kappa shape index (κ3) is 2.91. The highest BCUT2D eigenvalue weighted by Gasteiger charge is 2.31. The van der Waals surface area contributed by atoms with Crippen LogP contribution in [0.5, 0.6) is 0 Å². The van der Waals surface area contributed by atoms with Crippen LogP contribution >= 0.6 is 0 Å². The van der Waals surface area contributed by atoms with E-state index in [1.54, 1.807) is 0 Å². The van der Waals surface area contributed by atoms with E-state index >= 15 is 0 Å². The molecule has 1 unspecified atom stereocenters. The fourth-order valence-electron chi connectivity index (χ4n) is 2.16. The molecule has 0 aliphatic carbocycles. The SMILES string of the molecule is Nc1ccc(C(F)(F)F)cc1CC1CCCN1. The molecule has 1 aliphatic rings. The molecule has 1 aliphatic heterocycles. The van der Waals surface area contributed by atoms with E-state index in [4.69, 9.17) is 5.73 Å². The van der Waals surface area contributed by atoms with Gasteiger partial charge in [0.15, 0.2) is 0 Å². The molecule has 5 heteroatoms. The number of hydrogen-bond acceptors (Lipinski definition) is 2. The van der Waals surface area contributed by atoms with Crippen LogP contribution in [-0.2, 0) is 12.6 Å². The smallest absolute Gasteiger partial charge is 0.399 e. The lowest BCUT2D eigenvalue weighted by Gasteiger charge is -2.14. The lowest BCUT2D eigenvalue weighted by molar-refractivity contribution is -0.137. The van der Waals surface area contributed by atoms with Gasteiger partial charge in [-0.15, -0.1) is 0 Å². The summed E-state index contributed by atoms with van der Waals surface area (Å²) in [5.74, 6) is 0. The van der Waals surface area contributed by atoms with Crippen LogP contribution in [0.1, 0.15) is 24.0 Å². The third-order valence-electron chi connectivity index (χ3n) is 3.10. The van der Waals surface area contributed by atoms with Crippen molar-refractivity contribution in [2.75, 3.05) is 12.3 Å². The van der Waals surface area contributed by atoms with E-state index in [2.05, 4.69) is 5.32 Å². The molecule has 94 valence electrons. The van der Waals surface area contributed by atoms with Crippen molar-refractivity contribution in [2.45, 2.75) is 31.5 Å². The molecule has 17 heavy (non-hydrogen) atoms. The van der Waals surface area contributed by atoms with Gasteiger partial charge < -0.3 is 11.1 Å². The highest BCUT2D eigenvalue weighted by molar-refractivity contribution is 5.49. The second kappa shape index (κ2) is 4.56. The quantitative estimate of drug-likeness (QED) is 0.785. The summed E-state index contributed by atoms with van der Waals surface area (Å²) in [6.07, 6.45) is -1.67. The fourth-order valence-corrected chi connectivity index (χ4v) is 2.16. The van der Waals surface area contributed by atoms with Crippen molar-refractivity contribution < 1.29 is 13.2 Å². The Morgan fingerprint density at radius 3 is 2.71 bits per heavy atom. The minimum absolute atomic E-state index is 0.251. The lowest BCUT2D eigenvalue weighted by Crippen LogP contribution is -2.24. The first-order chi connectivity index (χ1) is 7.97. The van der Waals surface area contributed by atoms with E-state index in [1.807, 2.05) is 0 Å². The number of alkyl halides is 3. The minimum atomic E-state index is -4.30. The molecule has 2 nitrogen and oxygen atoms in total. The van der Waals surface area contributed by atoms with Crippen molar-refractivity contribution in [2.24, 2.45) is 0 Å². The Labute approximate surface area is 98.0 Å². The molecule has 0 saturated carbocycles. The van der Waals surface area contributed by atoms with Crippen LogP contribution in [0.3, 0.4) is 0 Å². The number of anilines is 1. The Balaban J connectivity index is 2.20. The summed E-state index contributed by atoms with van der Waals surface area (Å²) in [6.45, 7) is 0.934. The van der Waals surface area contributed by atoms with Crippen LogP contribution < -0.4 is 11.1 Å². The van der Waals surface area contributed by atoms with Gasteiger partial charge in [-0.2, -0.15) is 13.2 Å². The number of nitrogens with two attached hydrogens (primary N) is 1. The summed E-state index contributed by atoms with van der Waals surface area (Å²) < 4.78 is 37.7. The Kier molecular flexibility index (Phi) is 3.28. The molecule has 0 aromatic heterocycles. The van der Waals surface area contributed by atoms with Crippen LogP contribution in [0.15, 0.2) is 18.2 Å². The molecule has 0 amide bonds. The molecule has 0 bridgehead atoms. The van der Waals surface area contributed by atoms with Gasteiger partial charge in [0.2, 0.25) is 0 Å². The van der Waals surface area contributed by atoms with Crippen LogP contribution in [0.25, 0.3) is 0 Å². The second-order valence-electron chi connectivity index (χ2n) is 4.41. The average molecular weight is 244 g/mol. The number of rotatable bonds is 2. The van der Waals surface area contributed by atoms with Gasteiger partial charge >= 0.3 is 6.18 Å². The first kappa shape index (κ1) is 12.2. The van der Waals surface area contributed by atoms with Crippen LogP contribution in [-0.4, -0.2) is 12.6 Å². The zero-order valence-corrected chi connectivity index (χ0v) is 9.35. The number of hydrogen-bond donors (Lipinski definition) is 2. The molecule has 1 aromatic carbocycles. The molecule has 1 atom stereocenters. The molecule has 1 fully saturated rings. The molecule has 1 heterocycles. The maximum atomic E-state index is 12.6. The minimum Gasteiger partial charge on any atom is -0.399 e. The summed E-state index contributed by atoms with van der Waals surface area (Å²) in [6, 6.07) is 3.78. The van der Waals surface area contributed by atoms with Gasteiger partial charge in [-0.3, -0.25) is 0 Å². The summed E-state index contributed by atoms with van der Waals surface area (Å²) in [4.78, 5) is 0. The number of benzene rings is 1. The van der Waals surface area contributed by atoms with Crippen molar-refractivity contribution >= 4 is 5.69 Å². The van der Waals surface area contributed by atoms with Crippen molar-refractivity contribution in [1.82, 2.24) is 5.32 Å². The standard InChI is InChI=1S/C12H15F3N2/c13-12(14,15)9-3-4-11(16)8(6-9)7-10-2-1-5-17-10/h3-4,6,10,17H,1-2,5,7,16H2. The first-order valence-electron chi connectivity index (χ1n) is 5.66. The predicted octanol–water partition coefficient (Wildman–Crippen LogP) is 2.58. The van der Waals surface area contributed by atoms with E-state index in [-0.39, 0.29) is 6.04 Å². The molecule has 1 aromatic rings. The Hall–Kier alpha value is -1.23. The van der Waals surface area contributed by atoms with Gasteiger partial charge in [0, 0.05) is 11.7 Å². The average Bonchev–Trinajstić information content (AvgIpc) is 2.72. The van der Waals surface area contributed by atoms with Gasteiger partial charge in [-0.1, -0.05) is 0 Å². The zero-order valence-electron chi connectivity index (χ0n) is 9.35. The van der Waals surface area contributed by atoms with Crippen LogP contribution in [0.2, 0.25) is 0 Å². The van der Waals surface area contributed by atoms with Crippen LogP contribution in [0, 0.1) is 0 Å². The Bertz CT molecular complexity index is 395. The van der Waals surface area contributed by atoms with E-state index < -0.39 is 11.7 Å². The highest BCUT2D eigenvalue weighted by atomic mass is 19.4. The largest absolute Gasteiger partial charge is 0.416 e. The fraction of sp³-hybridized carbons (Fsp3) is 0.500. The van der Waals surface area contributed by atoms with Gasteiger partial charge in [-0.25, -0.2) is 0 Å². The van der Waals surface area contributed by atoms with Crippen LogP contribution in [0.4, 0.5) is 18.9 Å². The molecule has 0 spiro atoms. The number of nitrogens with one attached hydrogen (secondary N) is 1. The summed E-state index contributed by atoms with van der Waals surface area (Å²) >= 11 is 0. The molecular formula is C12H15F3N2. The van der Waals surface area contributed by atoms with E-state index in [9.17, 15) is 13.2 Å². The summed E-state index contributed by atoms with van der Waals surface area (Å²) in [5, 5.41) is 3.25.